The smallest absolute Gasteiger partial charge is 0.409 e. The van der Waals surface area contributed by atoms with Crippen LogP contribution in [-0.4, -0.2) is 73.6 Å². The van der Waals surface area contributed by atoms with E-state index in [4.69, 9.17) is 18.9 Å². The van der Waals surface area contributed by atoms with Crippen molar-refractivity contribution in [3.63, 3.8) is 0 Å². The van der Waals surface area contributed by atoms with E-state index >= 15 is 0 Å². The van der Waals surface area contributed by atoms with Gasteiger partial charge in [0.2, 0.25) is 0 Å². The van der Waals surface area contributed by atoms with Gasteiger partial charge in [-0.3, -0.25) is 0 Å². The number of rotatable bonds is 16. The SMILES string of the molecule is C=C(C)C(=O)OC(CCC(=C)C(=O)OC1(C)CCN(C(=O)OC)CC1)C(C)OC(=O)NCCCCCCCC. The molecule has 0 radical (unpaired) electrons. The number of ether oxygens (including phenoxy) is 4. The van der Waals surface area contributed by atoms with Crippen molar-refractivity contribution in [2.75, 3.05) is 26.7 Å². The summed E-state index contributed by atoms with van der Waals surface area (Å²) in [6.07, 6.45) is 5.39. The van der Waals surface area contributed by atoms with E-state index in [2.05, 4.69) is 25.4 Å². The second kappa shape index (κ2) is 17.5. The van der Waals surface area contributed by atoms with Crippen molar-refractivity contribution >= 4 is 24.1 Å². The Labute approximate surface area is 233 Å². The maximum absolute atomic E-state index is 12.8. The van der Waals surface area contributed by atoms with Crippen molar-refractivity contribution in [1.82, 2.24) is 10.2 Å². The average Bonchev–Trinajstić information content (AvgIpc) is 2.89. The van der Waals surface area contributed by atoms with Crippen LogP contribution in [0.1, 0.15) is 91.9 Å². The van der Waals surface area contributed by atoms with E-state index in [0.29, 0.717) is 32.5 Å². The molecule has 1 rings (SSSR count). The molecule has 0 aromatic heterocycles. The Kier molecular flexibility index (Phi) is 15.3. The van der Waals surface area contributed by atoms with Crippen LogP contribution >= 0.6 is 0 Å². The zero-order valence-electron chi connectivity index (χ0n) is 24.5. The van der Waals surface area contributed by atoms with Crippen LogP contribution in [0.5, 0.6) is 0 Å². The summed E-state index contributed by atoms with van der Waals surface area (Å²) in [6, 6.07) is 0. The minimum atomic E-state index is -0.808. The third kappa shape index (κ3) is 13.0. The molecular formula is C29H48N2O8. The number of carbonyl (C=O) groups is 4. The molecule has 10 nitrogen and oxygen atoms in total. The Balaban J connectivity index is 2.59. The highest BCUT2D eigenvalue weighted by molar-refractivity contribution is 5.88. The Bertz CT molecular complexity index is 848. The summed E-state index contributed by atoms with van der Waals surface area (Å²) in [5.41, 5.74) is -0.312. The third-order valence-electron chi connectivity index (χ3n) is 6.84. The molecule has 2 atom stereocenters. The molecule has 0 aromatic rings. The van der Waals surface area contributed by atoms with Crippen LogP contribution < -0.4 is 5.32 Å². The summed E-state index contributed by atoms with van der Waals surface area (Å²) in [5, 5.41) is 2.74. The molecule has 1 aliphatic rings. The molecule has 1 aliphatic heterocycles. The number of nitrogens with zero attached hydrogens (tertiary/aromatic N) is 1. The molecule has 0 aromatic carbocycles. The summed E-state index contributed by atoms with van der Waals surface area (Å²) < 4.78 is 21.5. The van der Waals surface area contributed by atoms with Crippen LogP contribution in [0.2, 0.25) is 0 Å². The zero-order chi connectivity index (χ0) is 29.4. The van der Waals surface area contributed by atoms with Crippen molar-refractivity contribution < 1.29 is 38.1 Å². The molecule has 0 aliphatic carbocycles. The number of alkyl carbamates (subject to hydrolysis) is 1. The number of likely N-dealkylation sites (tertiary alicyclic amines) is 1. The van der Waals surface area contributed by atoms with Gasteiger partial charge in [-0.25, -0.2) is 19.2 Å². The van der Waals surface area contributed by atoms with Crippen molar-refractivity contribution in [1.29, 1.82) is 0 Å². The molecule has 0 saturated carbocycles. The second-order valence-electron chi connectivity index (χ2n) is 10.5. The predicted octanol–water partition coefficient (Wildman–Crippen LogP) is 5.45. The molecule has 39 heavy (non-hydrogen) atoms. The van der Waals surface area contributed by atoms with Crippen molar-refractivity contribution in [2.24, 2.45) is 0 Å². The molecule has 1 saturated heterocycles. The molecule has 1 fully saturated rings. The summed E-state index contributed by atoms with van der Waals surface area (Å²) in [6.45, 7) is 15.9. The lowest BCUT2D eigenvalue weighted by Crippen LogP contribution is -2.47. The number of piperidine rings is 1. The Hall–Kier alpha value is -3.04. The number of hydrogen-bond acceptors (Lipinski definition) is 8. The van der Waals surface area contributed by atoms with E-state index in [-0.39, 0.29) is 24.0 Å². The van der Waals surface area contributed by atoms with Gasteiger partial charge in [0.05, 0.1) is 7.11 Å². The zero-order valence-corrected chi connectivity index (χ0v) is 24.5. The number of unbranched alkanes of at least 4 members (excludes halogenated alkanes) is 5. The average molecular weight is 553 g/mol. The molecule has 10 heteroatoms. The molecule has 1 heterocycles. The Morgan fingerprint density at radius 3 is 2.18 bits per heavy atom. The quantitative estimate of drug-likeness (QED) is 0.116. The van der Waals surface area contributed by atoms with Crippen LogP contribution in [0.3, 0.4) is 0 Å². The van der Waals surface area contributed by atoms with Gasteiger partial charge in [0, 0.05) is 43.6 Å². The standard InChI is InChI=1S/C29H48N2O8/c1-8-9-10-11-12-13-18-30-27(34)37-23(5)24(38-25(32)21(2)3)15-14-22(4)26(33)39-29(6)16-19-31(20-17-29)28(35)36-7/h23-24H,2,4,8-20H2,1,3,5-7H3,(H,30,34). The van der Waals surface area contributed by atoms with Crippen molar-refractivity contribution in [3.05, 3.63) is 24.3 Å². The van der Waals surface area contributed by atoms with E-state index in [1.54, 1.807) is 11.8 Å². The van der Waals surface area contributed by atoms with Gasteiger partial charge in [0.1, 0.15) is 17.8 Å². The Morgan fingerprint density at radius 1 is 0.974 bits per heavy atom. The molecule has 222 valence electrons. The minimum Gasteiger partial charge on any atom is -0.456 e. The van der Waals surface area contributed by atoms with Gasteiger partial charge < -0.3 is 29.2 Å². The van der Waals surface area contributed by atoms with E-state index in [0.717, 1.165) is 19.3 Å². The van der Waals surface area contributed by atoms with Gasteiger partial charge in [-0.2, -0.15) is 0 Å². The molecule has 1 N–H and O–H groups in total. The first-order chi connectivity index (χ1) is 18.4. The van der Waals surface area contributed by atoms with Gasteiger partial charge >= 0.3 is 24.1 Å². The van der Waals surface area contributed by atoms with Crippen molar-refractivity contribution in [3.8, 4) is 0 Å². The molecule has 0 spiro atoms. The van der Waals surface area contributed by atoms with Crippen LogP contribution in [0.4, 0.5) is 9.59 Å². The number of amides is 2. The van der Waals surface area contributed by atoms with Crippen LogP contribution in [0.15, 0.2) is 24.3 Å². The fraction of sp³-hybridized carbons (Fsp3) is 0.724. The number of hydrogen-bond donors (Lipinski definition) is 1. The lowest BCUT2D eigenvalue weighted by atomic mass is 9.93. The van der Waals surface area contributed by atoms with E-state index < -0.39 is 41.9 Å². The summed E-state index contributed by atoms with van der Waals surface area (Å²) in [5.74, 6) is -1.17. The van der Waals surface area contributed by atoms with Crippen LogP contribution in [-0.2, 0) is 28.5 Å². The largest absolute Gasteiger partial charge is 0.456 e. The lowest BCUT2D eigenvalue weighted by Gasteiger charge is -2.38. The van der Waals surface area contributed by atoms with Gasteiger partial charge in [-0.1, -0.05) is 52.2 Å². The highest BCUT2D eigenvalue weighted by atomic mass is 16.6. The van der Waals surface area contributed by atoms with Gasteiger partial charge in [0.25, 0.3) is 0 Å². The predicted molar refractivity (Wildman–Crippen MR) is 148 cm³/mol. The summed E-state index contributed by atoms with van der Waals surface area (Å²) >= 11 is 0. The number of methoxy groups -OCH3 is 1. The van der Waals surface area contributed by atoms with Crippen LogP contribution in [0.25, 0.3) is 0 Å². The minimum absolute atomic E-state index is 0.171. The monoisotopic (exact) mass is 552 g/mol. The summed E-state index contributed by atoms with van der Waals surface area (Å²) in [7, 11) is 1.33. The van der Waals surface area contributed by atoms with Gasteiger partial charge in [-0.15, -0.1) is 0 Å². The molecule has 0 bridgehead atoms. The van der Waals surface area contributed by atoms with E-state index in [9.17, 15) is 19.2 Å². The topological polar surface area (TPSA) is 120 Å². The highest BCUT2D eigenvalue weighted by Crippen LogP contribution is 2.28. The number of esters is 2. The lowest BCUT2D eigenvalue weighted by molar-refractivity contribution is -0.157. The van der Waals surface area contributed by atoms with E-state index in [1.807, 2.05) is 6.92 Å². The van der Waals surface area contributed by atoms with Crippen LogP contribution in [0, 0.1) is 0 Å². The number of carbonyl (C=O) groups excluding carboxylic acids is 4. The second-order valence-corrected chi connectivity index (χ2v) is 10.5. The van der Waals surface area contributed by atoms with Gasteiger partial charge in [-0.05, 0) is 40.0 Å². The Morgan fingerprint density at radius 2 is 1.59 bits per heavy atom. The normalized spacial score (nSPS) is 15.9. The molecular weight excluding hydrogens is 504 g/mol. The maximum atomic E-state index is 12.8. The first kappa shape index (κ1) is 34.0. The van der Waals surface area contributed by atoms with Gasteiger partial charge in [0.15, 0.2) is 0 Å². The number of nitrogens with one attached hydrogen (secondary N) is 1. The first-order valence-electron chi connectivity index (χ1n) is 14.0. The van der Waals surface area contributed by atoms with Crippen molar-refractivity contribution in [2.45, 2.75) is 110 Å². The summed E-state index contributed by atoms with van der Waals surface area (Å²) in [4.78, 5) is 50.5. The maximum Gasteiger partial charge on any atom is 0.409 e. The fourth-order valence-corrected chi connectivity index (χ4v) is 4.12. The third-order valence-corrected chi connectivity index (χ3v) is 6.84. The van der Waals surface area contributed by atoms with E-state index in [1.165, 1.54) is 33.3 Å². The highest BCUT2D eigenvalue weighted by Gasteiger charge is 2.36. The fourth-order valence-electron chi connectivity index (χ4n) is 4.12. The molecule has 2 unspecified atom stereocenters. The first-order valence-corrected chi connectivity index (χ1v) is 14.0. The molecule has 2 amide bonds.